The van der Waals surface area contributed by atoms with Crippen LogP contribution in [0.5, 0.6) is 0 Å². The van der Waals surface area contributed by atoms with E-state index in [4.69, 9.17) is 0 Å². The number of carbonyl (C=O) groups excluding carboxylic acids is 2. The van der Waals surface area contributed by atoms with Crippen molar-refractivity contribution in [2.24, 2.45) is 0 Å². The number of ketones is 1. The van der Waals surface area contributed by atoms with Crippen molar-refractivity contribution < 1.29 is 9.59 Å². The zero-order valence-electron chi connectivity index (χ0n) is 7.00. The molecule has 0 atom stereocenters. The highest BCUT2D eigenvalue weighted by atomic mass is 79.9. The van der Waals surface area contributed by atoms with Gasteiger partial charge in [-0.3, -0.25) is 9.59 Å². The van der Waals surface area contributed by atoms with Gasteiger partial charge in [0, 0.05) is 12.0 Å². The maximum Gasteiger partial charge on any atom is 0.150 e. The van der Waals surface area contributed by atoms with Crippen molar-refractivity contribution >= 4 is 28.0 Å². The molecule has 0 aromatic heterocycles. The summed E-state index contributed by atoms with van der Waals surface area (Å²) in [5.41, 5.74) is 1.57. The average Bonchev–Trinajstić information content (AvgIpc) is 2.19. The molecule has 0 aliphatic carbocycles. The summed E-state index contributed by atoms with van der Waals surface area (Å²) in [6, 6.07) is 7.02. The standard InChI is InChI=1S/C10H9BrO2/c11-6-10(13)5-8-1-3-9(7-12)4-2-8/h1-4,7H,5-6H2. The monoisotopic (exact) mass is 240 g/mol. The Kier molecular flexibility index (Phi) is 3.83. The number of carbonyl (C=O) groups is 2. The summed E-state index contributed by atoms with van der Waals surface area (Å²) in [6.07, 6.45) is 1.21. The molecule has 2 nitrogen and oxygen atoms in total. The molecule has 0 N–H and O–H groups in total. The first-order valence-electron chi connectivity index (χ1n) is 3.88. The predicted octanol–water partition coefficient (Wildman–Crippen LogP) is 2.01. The molecule has 0 aliphatic heterocycles. The van der Waals surface area contributed by atoms with Crippen molar-refractivity contribution in [1.29, 1.82) is 0 Å². The molecule has 0 radical (unpaired) electrons. The molecule has 0 amide bonds. The van der Waals surface area contributed by atoms with E-state index in [0.29, 0.717) is 17.3 Å². The van der Waals surface area contributed by atoms with Crippen LogP contribution in [-0.2, 0) is 11.2 Å². The molecule has 68 valence electrons. The molecular weight excluding hydrogens is 232 g/mol. The maximum absolute atomic E-state index is 11.0. The van der Waals surface area contributed by atoms with E-state index in [0.717, 1.165) is 11.8 Å². The van der Waals surface area contributed by atoms with Gasteiger partial charge in [0.05, 0.1) is 5.33 Å². The number of halogens is 1. The summed E-state index contributed by atoms with van der Waals surface area (Å²) in [4.78, 5) is 21.3. The van der Waals surface area contributed by atoms with Gasteiger partial charge in [-0.1, -0.05) is 40.2 Å². The fourth-order valence-electron chi connectivity index (χ4n) is 0.989. The lowest BCUT2D eigenvalue weighted by Gasteiger charge is -1.97. The maximum atomic E-state index is 11.0. The van der Waals surface area contributed by atoms with E-state index in [1.54, 1.807) is 24.3 Å². The van der Waals surface area contributed by atoms with Gasteiger partial charge >= 0.3 is 0 Å². The second kappa shape index (κ2) is 4.92. The lowest BCUT2D eigenvalue weighted by atomic mass is 10.1. The van der Waals surface area contributed by atoms with Crippen molar-refractivity contribution in [2.45, 2.75) is 6.42 Å². The number of hydrogen-bond donors (Lipinski definition) is 0. The third-order valence-corrected chi connectivity index (χ3v) is 2.29. The van der Waals surface area contributed by atoms with Crippen LogP contribution < -0.4 is 0 Å². The van der Waals surface area contributed by atoms with Gasteiger partial charge in [0.15, 0.2) is 0 Å². The van der Waals surface area contributed by atoms with E-state index >= 15 is 0 Å². The minimum atomic E-state index is 0.138. The zero-order chi connectivity index (χ0) is 9.68. The van der Waals surface area contributed by atoms with Crippen molar-refractivity contribution in [3.63, 3.8) is 0 Å². The molecule has 0 spiro atoms. The quantitative estimate of drug-likeness (QED) is 0.596. The molecule has 0 aliphatic rings. The van der Waals surface area contributed by atoms with Gasteiger partial charge in [0.2, 0.25) is 0 Å². The Balaban J connectivity index is 2.69. The molecule has 0 heterocycles. The van der Waals surface area contributed by atoms with Crippen molar-refractivity contribution in [3.8, 4) is 0 Å². The lowest BCUT2D eigenvalue weighted by molar-refractivity contribution is -0.115. The zero-order valence-corrected chi connectivity index (χ0v) is 8.58. The first kappa shape index (κ1) is 10.1. The average molecular weight is 241 g/mol. The van der Waals surface area contributed by atoms with E-state index in [1.165, 1.54) is 0 Å². The van der Waals surface area contributed by atoms with Crippen LogP contribution in [0.25, 0.3) is 0 Å². The number of aldehydes is 1. The number of hydrogen-bond acceptors (Lipinski definition) is 2. The van der Waals surface area contributed by atoms with Crippen LogP contribution in [-0.4, -0.2) is 17.4 Å². The van der Waals surface area contributed by atoms with E-state index < -0.39 is 0 Å². The number of alkyl halides is 1. The minimum absolute atomic E-state index is 0.138. The number of Topliss-reactive ketones (excluding diaryl/α,β-unsaturated/α-hetero) is 1. The Labute approximate surface area is 85.1 Å². The van der Waals surface area contributed by atoms with E-state index in [1.807, 2.05) is 0 Å². The Hall–Kier alpha value is -0.960. The highest BCUT2D eigenvalue weighted by Gasteiger charge is 2.00. The smallest absolute Gasteiger partial charge is 0.150 e. The molecule has 13 heavy (non-hydrogen) atoms. The first-order valence-corrected chi connectivity index (χ1v) is 5.00. The Morgan fingerprint density at radius 2 is 1.92 bits per heavy atom. The van der Waals surface area contributed by atoms with Crippen LogP contribution >= 0.6 is 15.9 Å². The van der Waals surface area contributed by atoms with Crippen LogP contribution in [0.15, 0.2) is 24.3 Å². The SMILES string of the molecule is O=Cc1ccc(CC(=O)CBr)cc1. The Bertz CT molecular complexity index is 303. The summed E-state index contributed by atoms with van der Waals surface area (Å²) in [5, 5.41) is 0.377. The second-order valence-electron chi connectivity index (χ2n) is 2.71. The van der Waals surface area contributed by atoms with Crippen LogP contribution in [0, 0.1) is 0 Å². The normalized spacial score (nSPS) is 9.62. The third-order valence-electron chi connectivity index (χ3n) is 1.67. The first-order chi connectivity index (χ1) is 6.26. The lowest BCUT2D eigenvalue weighted by Crippen LogP contribution is -2.03. The summed E-state index contributed by atoms with van der Waals surface area (Å²) >= 11 is 3.09. The van der Waals surface area contributed by atoms with Crippen LogP contribution in [0.4, 0.5) is 0 Å². The largest absolute Gasteiger partial charge is 0.298 e. The molecule has 3 heteroatoms. The molecular formula is C10H9BrO2. The minimum Gasteiger partial charge on any atom is -0.298 e. The predicted molar refractivity (Wildman–Crippen MR) is 54.3 cm³/mol. The van der Waals surface area contributed by atoms with Crippen molar-refractivity contribution in [1.82, 2.24) is 0 Å². The van der Waals surface area contributed by atoms with Crippen molar-refractivity contribution in [2.75, 3.05) is 5.33 Å². The Morgan fingerprint density at radius 1 is 1.31 bits per heavy atom. The van der Waals surface area contributed by atoms with Crippen LogP contribution in [0.3, 0.4) is 0 Å². The van der Waals surface area contributed by atoms with Gasteiger partial charge in [-0.25, -0.2) is 0 Å². The van der Waals surface area contributed by atoms with E-state index in [-0.39, 0.29) is 5.78 Å². The van der Waals surface area contributed by atoms with Gasteiger partial charge in [0.1, 0.15) is 12.1 Å². The summed E-state index contributed by atoms with van der Waals surface area (Å²) in [6.45, 7) is 0. The van der Waals surface area contributed by atoms with Crippen LogP contribution in [0.1, 0.15) is 15.9 Å². The van der Waals surface area contributed by atoms with Crippen LogP contribution in [0.2, 0.25) is 0 Å². The molecule has 0 unspecified atom stereocenters. The van der Waals surface area contributed by atoms with E-state index in [2.05, 4.69) is 15.9 Å². The molecule has 1 rings (SSSR count). The molecule has 1 aromatic carbocycles. The van der Waals surface area contributed by atoms with Gasteiger partial charge in [-0.15, -0.1) is 0 Å². The second-order valence-corrected chi connectivity index (χ2v) is 3.27. The molecule has 0 fully saturated rings. The van der Waals surface area contributed by atoms with Gasteiger partial charge < -0.3 is 0 Å². The van der Waals surface area contributed by atoms with Gasteiger partial charge in [-0.2, -0.15) is 0 Å². The number of benzene rings is 1. The topological polar surface area (TPSA) is 34.1 Å². The summed E-state index contributed by atoms with van der Waals surface area (Å²) in [7, 11) is 0. The summed E-state index contributed by atoms with van der Waals surface area (Å²) < 4.78 is 0. The Morgan fingerprint density at radius 3 is 2.38 bits per heavy atom. The van der Waals surface area contributed by atoms with Gasteiger partial charge in [0.25, 0.3) is 0 Å². The molecule has 0 saturated carbocycles. The van der Waals surface area contributed by atoms with E-state index in [9.17, 15) is 9.59 Å². The highest BCUT2D eigenvalue weighted by Crippen LogP contribution is 2.04. The fourth-order valence-corrected chi connectivity index (χ4v) is 1.19. The highest BCUT2D eigenvalue weighted by molar-refractivity contribution is 9.09. The van der Waals surface area contributed by atoms with Gasteiger partial charge in [-0.05, 0) is 5.56 Å². The van der Waals surface area contributed by atoms with Crippen molar-refractivity contribution in [3.05, 3.63) is 35.4 Å². The molecule has 0 bridgehead atoms. The molecule has 0 saturated heterocycles. The summed E-state index contributed by atoms with van der Waals surface area (Å²) in [5.74, 6) is 0.138. The molecule has 1 aromatic rings. The third kappa shape index (κ3) is 3.11. The fraction of sp³-hybridized carbons (Fsp3) is 0.200. The number of rotatable bonds is 4.